The lowest BCUT2D eigenvalue weighted by molar-refractivity contribution is 0.669. The lowest BCUT2D eigenvalue weighted by Crippen LogP contribution is -2.36. The third-order valence-corrected chi connectivity index (χ3v) is 16.4. The van der Waals surface area contributed by atoms with Gasteiger partial charge in [-0.2, -0.15) is 0 Å². The highest BCUT2D eigenvalue weighted by molar-refractivity contribution is 8.25. The number of hydrogen-bond acceptors (Lipinski definition) is 3. The van der Waals surface area contributed by atoms with Crippen LogP contribution < -0.4 is 20.8 Å². The molecule has 0 bridgehead atoms. The molecule has 0 amide bonds. The fraction of sp³-hybridized carbons (Fsp3) is 0. The van der Waals surface area contributed by atoms with Crippen molar-refractivity contribution in [2.45, 2.75) is 0 Å². The lowest BCUT2D eigenvalue weighted by Gasteiger charge is -2.40. The van der Waals surface area contributed by atoms with Crippen LogP contribution in [0.2, 0.25) is 0 Å². The second kappa shape index (κ2) is 14.0. The highest BCUT2D eigenvalue weighted by Gasteiger charge is 2.39. The van der Waals surface area contributed by atoms with Crippen molar-refractivity contribution in [3.05, 3.63) is 218 Å². The molecule has 0 spiro atoms. The van der Waals surface area contributed by atoms with Crippen LogP contribution in [-0.2, 0) is 11.8 Å². The van der Waals surface area contributed by atoms with Crippen molar-refractivity contribution in [2.24, 2.45) is 0 Å². The molecule has 0 aliphatic carbocycles. The quantitative estimate of drug-likeness (QED) is 0.157. The summed E-state index contributed by atoms with van der Waals surface area (Å²) in [4.78, 5) is 2.41. The molecule has 1 aromatic heterocycles. The molecule has 1 aliphatic rings. The maximum absolute atomic E-state index is 7.31. The first kappa shape index (κ1) is 34.5. The van der Waals surface area contributed by atoms with E-state index in [0.717, 1.165) is 66.0 Å². The molecule has 9 aromatic carbocycles. The second-order valence-corrected chi connectivity index (χ2v) is 19.1. The molecule has 0 radical (unpaired) electrons. The first-order chi connectivity index (χ1) is 28.7. The molecule has 274 valence electrons. The highest BCUT2D eigenvalue weighted by atomic mass is 32.4. The van der Waals surface area contributed by atoms with E-state index in [1.165, 1.54) is 33.4 Å². The summed E-state index contributed by atoms with van der Waals surface area (Å²) in [5.41, 5.74) is 14.2. The normalized spacial score (nSPS) is 13.0. The molecular formula is C54H36NOPS. The molecule has 0 atom stereocenters. The minimum absolute atomic E-state index is 0.854. The van der Waals surface area contributed by atoms with Crippen molar-refractivity contribution in [3.8, 4) is 44.5 Å². The number of rotatable bonds is 6. The maximum Gasteiger partial charge on any atom is 0.159 e. The lowest BCUT2D eigenvalue weighted by atomic mass is 9.94. The summed E-state index contributed by atoms with van der Waals surface area (Å²) in [6, 6.07) is 75.6. The van der Waals surface area contributed by atoms with Crippen molar-refractivity contribution in [1.82, 2.24) is 0 Å². The topological polar surface area (TPSA) is 16.4 Å². The smallest absolute Gasteiger partial charge is 0.159 e. The predicted molar refractivity (Wildman–Crippen MR) is 250 cm³/mol. The number of hydrogen-bond donors (Lipinski definition) is 0. The van der Waals surface area contributed by atoms with Crippen LogP contribution in [0.15, 0.2) is 223 Å². The zero-order valence-corrected chi connectivity index (χ0v) is 33.2. The molecular weight excluding hydrogens is 742 g/mol. The fourth-order valence-corrected chi connectivity index (χ4v) is 13.1. The van der Waals surface area contributed by atoms with Crippen LogP contribution in [-0.4, -0.2) is 0 Å². The number of anilines is 3. The van der Waals surface area contributed by atoms with Gasteiger partial charge in [0, 0.05) is 27.4 Å². The number of furan rings is 1. The van der Waals surface area contributed by atoms with Gasteiger partial charge in [-0.3, -0.25) is 0 Å². The van der Waals surface area contributed by atoms with Crippen molar-refractivity contribution in [1.29, 1.82) is 0 Å². The van der Waals surface area contributed by atoms with Gasteiger partial charge in [-0.15, -0.1) is 0 Å². The number of nitrogens with zero attached hydrogens (tertiary/aromatic N) is 1. The van der Waals surface area contributed by atoms with Crippen molar-refractivity contribution >= 4 is 72.8 Å². The molecule has 4 heteroatoms. The van der Waals surface area contributed by atoms with Crippen LogP contribution >= 0.6 is 6.04 Å². The van der Waals surface area contributed by atoms with Gasteiger partial charge < -0.3 is 9.32 Å². The second-order valence-electron chi connectivity index (χ2n) is 14.8. The molecule has 0 unspecified atom stereocenters. The van der Waals surface area contributed by atoms with Crippen LogP contribution in [0.25, 0.3) is 66.4 Å². The first-order valence-corrected chi connectivity index (χ1v) is 22.4. The maximum atomic E-state index is 7.31. The Labute approximate surface area is 343 Å². The zero-order chi connectivity index (χ0) is 38.6. The average molecular weight is 778 g/mol. The summed E-state index contributed by atoms with van der Waals surface area (Å²) in [5.74, 6) is 0. The van der Waals surface area contributed by atoms with E-state index >= 15 is 0 Å². The van der Waals surface area contributed by atoms with Gasteiger partial charge in [0.2, 0.25) is 0 Å². The Hall–Kier alpha value is -6.77. The molecule has 2 nitrogen and oxygen atoms in total. The molecule has 2 heterocycles. The van der Waals surface area contributed by atoms with Crippen LogP contribution in [0, 0.1) is 0 Å². The number of fused-ring (bicyclic) bond motifs is 5. The van der Waals surface area contributed by atoms with E-state index in [-0.39, 0.29) is 0 Å². The van der Waals surface area contributed by atoms with E-state index in [4.69, 9.17) is 16.2 Å². The van der Waals surface area contributed by atoms with Gasteiger partial charge in [-0.05, 0) is 86.2 Å². The zero-order valence-electron chi connectivity index (χ0n) is 31.5. The Morgan fingerprint density at radius 1 is 0.362 bits per heavy atom. The highest BCUT2D eigenvalue weighted by Crippen LogP contribution is 2.57. The van der Waals surface area contributed by atoms with E-state index in [1.54, 1.807) is 0 Å². The summed E-state index contributed by atoms with van der Waals surface area (Å²) < 4.78 is 6.76. The van der Waals surface area contributed by atoms with Gasteiger partial charge in [0.1, 0.15) is 5.58 Å². The SMILES string of the molecule is S=P1(c2ccccc2)c2cc(-c3ccccc3-c3ccccc3)ccc2N(c2cccc3c2oc2ccccc23)c2ccc(-c3ccccc3-c3ccccc3)cc21. The predicted octanol–water partition coefficient (Wildman–Crippen LogP) is 13.8. The van der Waals surface area contributed by atoms with Crippen LogP contribution in [0.5, 0.6) is 0 Å². The fourth-order valence-electron chi connectivity index (χ4n) is 8.82. The van der Waals surface area contributed by atoms with Gasteiger partial charge in [-0.25, -0.2) is 0 Å². The van der Waals surface area contributed by atoms with E-state index in [0.29, 0.717) is 0 Å². The Kier molecular flexibility index (Phi) is 8.33. The Morgan fingerprint density at radius 2 is 0.810 bits per heavy atom. The van der Waals surface area contributed by atoms with Crippen LogP contribution in [0.1, 0.15) is 0 Å². The molecule has 11 rings (SSSR count). The summed E-state index contributed by atoms with van der Waals surface area (Å²) in [7, 11) is 0. The molecule has 0 fully saturated rings. The van der Waals surface area contributed by atoms with Crippen molar-refractivity contribution in [3.63, 3.8) is 0 Å². The summed E-state index contributed by atoms with van der Waals surface area (Å²) >= 11 is 7.31. The Morgan fingerprint density at radius 3 is 1.36 bits per heavy atom. The van der Waals surface area contributed by atoms with Gasteiger partial charge in [0.15, 0.2) is 5.58 Å². The molecule has 58 heavy (non-hydrogen) atoms. The Bertz CT molecular complexity index is 3070. The van der Waals surface area contributed by atoms with Crippen LogP contribution in [0.4, 0.5) is 17.1 Å². The summed E-state index contributed by atoms with van der Waals surface area (Å²) in [6.07, 6.45) is 0. The molecule has 0 saturated carbocycles. The van der Waals surface area contributed by atoms with Crippen molar-refractivity contribution < 1.29 is 4.42 Å². The molecule has 10 aromatic rings. The van der Waals surface area contributed by atoms with Gasteiger partial charge in [0.05, 0.1) is 17.1 Å². The van der Waals surface area contributed by atoms with Gasteiger partial charge >= 0.3 is 0 Å². The molecule has 1 aliphatic heterocycles. The van der Waals surface area contributed by atoms with Crippen molar-refractivity contribution in [2.75, 3.05) is 4.90 Å². The molecule has 0 N–H and O–H groups in total. The van der Waals surface area contributed by atoms with Crippen LogP contribution in [0.3, 0.4) is 0 Å². The summed E-state index contributed by atoms with van der Waals surface area (Å²) in [6.45, 7) is 0. The third-order valence-electron chi connectivity index (χ3n) is 11.5. The van der Waals surface area contributed by atoms with E-state index in [9.17, 15) is 0 Å². The van der Waals surface area contributed by atoms with E-state index < -0.39 is 6.04 Å². The first-order valence-electron chi connectivity index (χ1n) is 19.6. The summed E-state index contributed by atoms with van der Waals surface area (Å²) in [5, 5.41) is 5.67. The van der Waals surface area contributed by atoms with Gasteiger partial charge in [0.25, 0.3) is 0 Å². The Balaban J connectivity index is 1.22. The minimum Gasteiger partial charge on any atom is -0.454 e. The van der Waals surface area contributed by atoms with E-state index in [2.05, 4.69) is 217 Å². The van der Waals surface area contributed by atoms with Gasteiger partial charge in [-0.1, -0.05) is 194 Å². The largest absolute Gasteiger partial charge is 0.454 e. The van der Waals surface area contributed by atoms with E-state index in [1.807, 2.05) is 6.07 Å². The minimum atomic E-state index is -2.70. The standard InChI is InChI=1S/C54H36NOPS/c58-57(41-21-8-3-9-22-41)52-35-39(44-25-12-10-23-42(44)37-17-4-1-5-18-37)31-33-48(52)55(50-29-16-28-47-46-27-14-15-30-51(46)56-54(47)50)49-34-32-40(36-53(49)57)45-26-13-11-24-43(45)38-19-6-2-7-20-38/h1-36H. The third kappa shape index (κ3) is 5.50. The number of benzene rings is 9. The monoisotopic (exact) mass is 777 g/mol. The average Bonchev–Trinajstić information content (AvgIpc) is 3.69. The number of para-hydroxylation sites is 2. The molecule has 0 saturated heterocycles.